The molecule has 0 saturated carbocycles. The van der Waals surface area contributed by atoms with Crippen molar-refractivity contribution in [1.29, 1.82) is 0 Å². The molecule has 2 saturated heterocycles. The molecule has 0 atom stereocenters. The molecule has 2 heterocycles. The minimum absolute atomic E-state index is 0.270. The summed E-state index contributed by atoms with van der Waals surface area (Å²) in [5, 5.41) is 0. The summed E-state index contributed by atoms with van der Waals surface area (Å²) in [6.45, 7) is 0. The molecule has 0 aromatic heterocycles. The van der Waals surface area contributed by atoms with Crippen molar-refractivity contribution >= 4 is 30.3 Å². The molecule has 1 aromatic carbocycles. The maximum absolute atomic E-state index is 10.3. The Morgan fingerprint density at radius 3 is 2.00 bits per heavy atom. The van der Waals surface area contributed by atoms with E-state index in [0.717, 1.165) is 0 Å². The fourth-order valence-electron chi connectivity index (χ4n) is 2.21. The molecule has 94 valence electrons. The van der Waals surface area contributed by atoms with Crippen molar-refractivity contribution in [2.45, 2.75) is 9.86 Å². The van der Waals surface area contributed by atoms with Crippen molar-refractivity contribution in [3.8, 4) is 0 Å². The van der Waals surface area contributed by atoms with Crippen LogP contribution in [-0.4, -0.2) is 26.6 Å². The zero-order valence-electron chi connectivity index (χ0n) is 8.72. The van der Waals surface area contributed by atoms with Gasteiger partial charge in [0, 0.05) is 0 Å². The van der Waals surface area contributed by atoms with Gasteiger partial charge in [-0.25, -0.2) is 0 Å². The molecule has 0 unspecified atom stereocenters. The zero-order chi connectivity index (χ0) is 12.4. The van der Waals surface area contributed by atoms with Crippen molar-refractivity contribution < 1.29 is 19.3 Å². The van der Waals surface area contributed by atoms with Gasteiger partial charge in [0.15, 0.2) is 0 Å². The van der Waals surface area contributed by atoms with Crippen LogP contribution in [0.1, 0.15) is 5.56 Å². The van der Waals surface area contributed by atoms with Crippen molar-refractivity contribution in [2.24, 2.45) is 0 Å². The average Bonchev–Trinajstić information content (AvgIpc) is 2.56. The Hall–Kier alpha value is 0.0700. The third-order valence-corrected chi connectivity index (χ3v) is 9.05. The fourth-order valence-corrected chi connectivity index (χ4v) is 5.47. The van der Waals surface area contributed by atoms with Gasteiger partial charge in [-0.3, -0.25) is 0 Å². The Balaban J connectivity index is 2.19. The van der Waals surface area contributed by atoms with Crippen LogP contribution in [0.3, 0.4) is 0 Å². The van der Waals surface area contributed by atoms with E-state index in [9.17, 15) is 9.79 Å². The molecule has 3 rings (SSSR count). The van der Waals surface area contributed by atoms with Crippen LogP contribution in [0.15, 0.2) is 30.3 Å². The van der Waals surface area contributed by atoms with Crippen LogP contribution in [0.2, 0.25) is 0 Å². The third-order valence-electron chi connectivity index (χ3n) is 3.28. The summed E-state index contributed by atoms with van der Waals surface area (Å²) in [7, 11) is -4.36. The predicted octanol–water partition coefficient (Wildman–Crippen LogP) is 2.31. The number of hydrogen-bond acceptors (Lipinski definition) is 4. The fraction of sp³-hybridized carbons (Fsp3) is 0.400. The second kappa shape index (κ2) is 3.14. The summed E-state index contributed by atoms with van der Waals surface area (Å²) in [5.41, 5.74) is 0.581. The zero-order valence-corrected chi connectivity index (χ0v) is 11.1. The number of hydrogen-bond donors (Lipinski definition) is 2. The molecule has 2 fully saturated rings. The first-order valence-corrected chi connectivity index (χ1v) is 8.30. The van der Waals surface area contributed by atoms with Gasteiger partial charge in [-0.2, -0.15) is 0 Å². The van der Waals surface area contributed by atoms with Gasteiger partial charge in [-0.05, 0) is 0 Å². The van der Waals surface area contributed by atoms with Crippen LogP contribution in [-0.2, 0) is 15.3 Å². The first-order chi connectivity index (χ1) is 7.81. The number of rotatable bonds is 1. The number of ether oxygens (including phenoxy) is 2. The molecule has 2 aliphatic rings. The van der Waals surface area contributed by atoms with Crippen LogP contribution < -0.4 is 0 Å². The first-order valence-electron chi connectivity index (χ1n) is 5.03. The molecule has 2 N–H and O–H groups in total. The second-order valence-electron chi connectivity index (χ2n) is 4.47. The summed E-state index contributed by atoms with van der Waals surface area (Å²) >= 11 is 12.4. The van der Waals surface area contributed by atoms with Crippen molar-refractivity contribution in [3.05, 3.63) is 35.9 Å². The molecule has 0 radical (unpaired) electrons. The van der Waals surface area contributed by atoms with Crippen LogP contribution in [0.5, 0.6) is 0 Å². The van der Waals surface area contributed by atoms with Gasteiger partial charge in [-0.15, -0.1) is 0 Å². The monoisotopic (exact) mass is 296 g/mol. The van der Waals surface area contributed by atoms with Crippen LogP contribution in [0.25, 0.3) is 0 Å². The minimum atomic E-state index is -4.36. The van der Waals surface area contributed by atoms with Crippen LogP contribution in [0.4, 0.5) is 0 Å². The van der Waals surface area contributed by atoms with E-state index in [1.165, 1.54) is 0 Å². The second-order valence-corrected chi connectivity index (χ2v) is 10.3. The molecule has 0 spiro atoms. The van der Waals surface area contributed by atoms with Crippen LogP contribution in [0, 0.1) is 0 Å². The quantitative estimate of drug-likeness (QED) is 0.617. The average molecular weight is 297 g/mol. The molecular formula is C10H11Cl2O4P. The summed E-state index contributed by atoms with van der Waals surface area (Å²) in [6.07, 6.45) is -0.541. The van der Waals surface area contributed by atoms with Crippen LogP contribution >= 0.6 is 30.3 Å². The van der Waals surface area contributed by atoms with Gasteiger partial charge < -0.3 is 0 Å². The molecule has 1 aromatic rings. The predicted molar refractivity (Wildman–Crippen MR) is 65.8 cm³/mol. The van der Waals surface area contributed by atoms with E-state index in [1.54, 1.807) is 24.3 Å². The summed E-state index contributed by atoms with van der Waals surface area (Å²) in [4.78, 5) is 20.7. The summed E-state index contributed by atoms with van der Waals surface area (Å²) in [5.74, 6) is -1.49. The Morgan fingerprint density at radius 2 is 1.59 bits per heavy atom. The summed E-state index contributed by atoms with van der Waals surface area (Å²) < 4.78 is 8.98. The Labute approximate surface area is 108 Å². The number of halogens is 2. The Bertz CT molecular complexity index is 464. The standard InChI is InChI=1S/C10H11Cl2O4P/c11-10(12)9(8-4-2-1-3-5-8)15-6-17(10,13,14)7-16-9/h1-5,13-14H,6-7H2. The molecule has 7 heteroatoms. The number of alkyl halides is 2. The van der Waals surface area contributed by atoms with E-state index in [0.29, 0.717) is 5.56 Å². The van der Waals surface area contributed by atoms with E-state index in [2.05, 4.69) is 0 Å². The van der Waals surface area contributed by atoms with E-state index < -0.39 is 16.9 Å². The van der Waals surface area contributed by atoms with Gasteiger partial charge in [0.05, 0.1) is 0 Å². The Morgan fingerprint density at radius 1 is 1.06 bits per heavy atom. The molecule has 17 heavy (non-hydrogen) atoms. The molecule has 0 aliphatic carbocycles. The van der Waals surface area contributed by atoms with E-state index in [4.69, 9.17) is 32.7 Å². The van der Waals surface area contributed by atoms with Gasteiger partial charge in [0.2, 0.25) is 0 Å². The van der Waals surface area contributed by atoms with E-state index >= 15 is 0 Å². The number of fused-ring (bicyclic) bond motifs is 2. The topological polar surface area (TPSA) is 58.9 Å². The molecule has 0 amide bonds. The summed E-state index contributed by atoms with van der Waals surface area (Å²) in [6, 6.07) is 8.84. The maximum atomic E-state index is 10.3. The van der Waals surface area contributed by atoms with Gasteiger partial charge in [0.25, 0.3) is 0 Å². The molecule has 2 aliphatic heterocycles. The number of benzene rings is 1. The van der Waals surface area contributed by atoms with Crippen molar-refractivity contribution in [3.63, 3.8) is 0 Å². The molecule has 2 bridgehead atoms. The normalized spacial score (nSPS) is 38.5. The van der Waals surface area contributed by atoms with Crippen molar-refractivity contribution in [1.82, 2.24) is 0 Å². The van der Waals surface area contributed by atoms with Gasteiger partial charge in [0.1, 0.15) is 0 Å². The van der Waals surface area contributed by atoms with E-state index in [1.807, 2.05) is 6.07 Å². The SMILES string of the molecule is OP12(O)COC(c3ccccc3)(OC1)C2(Cl)Cl. The molecule has 4 nitrogen and oxygen atoms in total. The third kappa shape index (κ3) is 1.22. The Kier molecular flexibility index (Phi) is 2.24. The van der Waals surface area contributed by atoms with Gasteiger partial charge in [-0.1, -0.05) is 0 Å². The van der Waals surface area contributed by atoms with Crippen molar-refractivity contribution in [2.75, 3.05) is 12.7 Å². The first kappa shape index (κ1) is 12.1. The van der Waals surface area contributed by atoms with Gasteiger partial charge >= 0.3 is 108 Å². The molecular weight excluding hydrogens is 286 g/mol. The van der Waals surface area contributed by atoms with E-state index in [-0.39, 0.29) is 12.7 Å².